The van der Waals surface area contributed by atoms with Crippen LogP contribution in [0.1, 0.15) is 18.7 Å². The van der Waals surface area contributed by atoms with E-state index in [9.17, 15) is 64.8 Å². The molecule has 6 aromatic heterocycles. The molecular weight excluding hydrogens is 1090 g/mol. The SMILES string of the molecule is [N-]=[N+]=Nc1nc2c(N)ncnc2n1C1OC(COP(=O)(O)OC2C(O)C(COP(=O)(O)OC3C(O)C(COP(=O)(O)O)OC3n3c(N=[N+]=[N-])nc4c(N)ncnc43)OC2n2c(N=[N+]=[N-])nc3c(N)ncnc32)C(O)C1O. The molecule has 14 atom stereocenters. The van der Waals surface area contributed by atoms with Crippen LogP contribution >= 0.6 is 23.5 Å². The molecule has 6 aromatic rings. The van der Waals surface area contributed by atoms with Gasteiger partial charge in [0.1, 0.15) is 73.9 Å². The number of phosphoric acid groups is 3. The summed E-state index contributed by atoms with van der Waals surface area (Å²) in [5.41, 5.74) is 44.5. The first-order valence-corrected chi connectivity index (χ1v) is 25.4. The molecule has 9 rings (SSSR count). The summed E-state index contributed by atoms with van der Waals surface area (Å²) in [5.74, 6) is -2.38. The number of hydrogen-bond donors (Lipinski definition) is 11. The van der Waals surface area contributed by atoms with Crippen molar-refractivity contribution in [1.29, 1.82) is 0 Å². The van der Waals surface area contributed by atoms with E-state index >= 15 is 0 Å². The molecule has 0 amide bonds. The van der Waals surface area contributed by atoms with Crippen molar-refractivity contribution in [1.82, 2.24) is 58.6 Å². The third kappa shape index (κ3) is 10.4. The minimum absolute atomic E-state index is 0.0849. The van der Waals surface area contributed by atoms with Crippen LogP contribution < -0.4 is 17.2 Å². The fraction of sp³-hybridized carbons (Fsp3) is 0.500. The van der Waals surface area contributed by atoms with Crippen LogP contribution in [0.2, 0.25) is 0 Å². The summed E-state index contributed by atoms with van der Waals surface area (Å²) in [6.07, 6.45) is -20.7. The quantitative estimate of drug-likeness (QED) is 0.0207. The van der Waals surface area contributed by atoms with Crippen LogP contribution in [0.3, 0.4) is 0 Å². The highest BCUT2D eigenvalue weighted by Crippen LogP contribution is 2.54. The number of nitrogens with zero attached hydrogens (tertiary/aromatic N) is 21. The van der Waals surface area contributed by atoms with Crippen molar-refractivity contribution in [3.8, 4) is 0 Å². The third-order valence-corrected chi connectivity index (χ3v) is 13.8. The lowest BCUT2D eigenvalue weighted by Crippen LogP contribution is -2.37. The Bertz CT molecular complexity index is 3530. The first-order valence-electron chi connectivity index (χ1n) is 20.9. The molecule has 14 unspecified atom stereocenters. The molecule has 76 heavy (non-hydrogen) atoms. The van der Waals surface area contributed by atoms with E-state index in [-0.39, 0.29) is 50.9 Å². The molecule has 43 nitrogen and oxygen atoms in total. The summed E-state index contributed by atoms with van der Waals surface area (Å²) in [7, 11) is -16.5. The topological polar surface area (TPSA) is 642 Å². The number of nitrogen functional groups attached to an aromatic ring is 3. The highest BCUT2D eigenvalue weighted by Gasteiger charge is 2.54. The molecule has 0 aromatic carbocycles. The molecule has 3 fully saturated rings. The zero-order valence-corrected chi connectivity index (χ0v) is 40.0. The Labute approximate surface area is 417 Å². The molecule has 0 aliphatic carbocycles. The second kappa shape index (κ2) is 20.9. The lowest BCUT2D eigenvalue weighted by atomic mass is 10.1. The predicted octanol–water partition coefficient (Wildman–Crippen LogP) is -0.672. The standard InChI is InChI=1S/C30H35N24O19P3/c31-19-10-22(40-4-37-19)52(28(43-10)46-49-34)25-16(58)13(55)7(69-25)2-67-75(62,63)73-18-15(57)9(71-27(18)54-24-12(21(33)39-6-42-24)45-30(54)48-51-36)3-68-76(64,65)72-17-14(56)8(1-66-74(59,60)61)70-26(17)53-23-11(20(32)38-5-41-23)44-29(53)47-50-35/h4-9,13-18,25-27,55-58H,1-3H2,(H,62,63)(H,64,65)(H2,31,37,40)(H2,32,38,41)(H2,33,39,42)(H2,59,60,61). The molecule has 0 saturated carbocycles. The molecule has 46 heteroatoms. The average molecular weight is 1130 g/mol. The molecule has 0 spiro atoms. The van der Waals surface area contributed by atoms with Crippen LogP contribution in [0.15, 0.2) is 34.3 Å². The van der Waals surface area contributed by atoms with Crippen molar-refractivity contribution in [2.45, 2.75) is 73.6 Å². The fourth-order valence-electron chi connectivity index (χ4n) is 8.09. The zero-order valence-electron chi connectivity index (χ0n) is 37.3. The van der Waals surface area contributed by atoms with Crippen molar-refractivity contribution >= 4 is 92.3 Å². The molecule has 404 valence electrons. The highest BCUT2D eigenvalue weighted by atomic mass is 31.2. The maximum Gasteiger partial charge on any atom is 0.472 e. The Morgan fingerprint density at radius 1 is 0.526 bits per heavy atom. The van der Waals surface area contributed by atoms with E-state index in [0.29, 0.717) is 0 Å². The minimum atomic E-state index is -5.68. The zero-order chi connectivity index (χ0) is 54.6. The third-order valence-electron chi connectivity index (χ3n) is 11.3. The number of fused-ring (bicyclic) bond motifs is 3. The maximum atomic E-state index is 13.9. The summed E-state index contributed by atoms with van der Waals surface area (Å²) in [5, 5.41) is 55.5. The van der Waals surface area contributed by atoms with Crippen molar-refractivity contribution < 1.29 is 90.5 Å². The molecule has 9 heterocycles. The van der Waals surface area contributed by atoms with Gasteiger partial charge in [0.15, 0.2) is 69.6 Å². The van der Waals surface area contributed by atoms with E-state index in [1.54, 1.807) is 0 Å². The lowest BCUT2D eigenvalue weighted by Gasteiger charge is -2.25. The summed E-state index contributed by atoms with van der Waals surface area (Å²) in [6, 6.07) is 0. The van der Waals surface area contributed by atoms with Gasteiger partial charge in [0.2, 0.25) is 17.8 Å². The second-order valence-corrected chi connectivity index (χ2v) is 19.9. The number of aliphatic hydroxyl groups is 4. The summed E-state index contributed by atoms with van der Waals surface area (Å²) < 4.78 is 85.1. The number of aromatic nitrogens is 12. The molecule has 3 aliphatic rings. The van der Waals surface area contributed by atoms with Gasteiger partial charge in [0.05, 0.1) is 19.8 Å². The smallest absolute Gasteiger partial charge is 0.387 e. The van der Waals surface area contributed by atoms with E-state index in [0.717, 1.165) is 32.7 Å². The van der Waals surface area contributed by atoms with Crippen molar-refractivity contribution in [3.05, 3.63) is 50.3 Å². The second-order valence-electron chi connectivity index (χ2n) is 15.8. The number of rotatable bonds is 19. The van der Waals surface area contributed by atoms with Crippen molar-refractivity contribution in [2.75, 3.05) is 37.0 Å². The summed E-state index contributed by atoms with van der Waals surface area (Å²) >= 11 is 0. The Hall–Kier alpha value is -6.97. The van der Waals surface area contributed by atoms with E-state index < -0.39 is 135 Å². The predicted molar refractivity (Wildman–Crippen MR) is 241 cm³/mol. The lowest BCUT2D eigenvalue weighted by molar-refractivity contribution is -0.0636. The first-order chi connectivity index (χ1) is 36.0. The van der Waals surface area contributed by atoms with Crippen molar-refractivity contribution in [3.63, 3.8) is 0 Å². The van der Waals surface area contributed by atoms with Crippen LogP contribution in [-0.2, 0) is 50.5 Å². The van der Waals surface area contributed by atoms with E-state index in [4.69, 9.17) is 55.0 Å². The van der Waals surface area contributed by atoms with E-state index in [1.807, 2.05) is 0 Å². The molecular formula is C30H35N24O19P3. The van der Waals surface area contributed by atoms with Gasteiger partial charge in [-0.2, -0.15) is 0 Å². The number of ether oxygens (including phenoxy) is 3. The fourth-order valence-corrected chi connectivity index (χ4v) is 10.3. The van der Waals surface area contributed by atoms with Gasteiger partial charge in [0, 0.05) is 14.7 Å². The molecule has 3 saturated heterocycles. The van der Waals surface area contributed by atoms with Crippen LogP contribution in [0.4, 0.5) is 35.3 Å². The Kier molecular flexibility index (Phi) is 14.8. The number of nitrogens with two attached hydrogens (primary N) is 3. The monoisotopic (exact) mass is 1130 g/mol. The van der Waals surface area contributed by atoms with Gasteiger partial charge < -0.3 is 71.4 Å². The Balaban J connectivity index is 0.978. The Morgan fingerprint density at radius 3 is 1.21 bits per heavy atom. The van der Waals surface area contributed by atoms with Gasteiger partial charge in [-0.1, -0.05) is 0 Å². The number of phosphoric ester groups is 3. The molecule has 14 N–H and O–H groups in total. The van der Waals surface area contributed by atoms with Gasteiger partial charge in [0.25, 0.3) is 0 Å². The largest absolute Gasteiger partial charge is 0.472 e. The number of anilines is 3. The van der Waals surface area contributed by atoms with E-state index in [1.165, 1.54) is 0 Å². The number of azide groups is 3. The van der Waals surface area contributed by atoms with Crippen LogP contribution in [0.25, 0.3) is 64.8 Å². The number of imidazole rings is 3. The minimum Gasteiger partial charge on any atom is -0.387 e. The van der Waals surface area contributed by atoms with Gasteiger partial charge in [-0.05, 0) is 31.9 Å². The molecule has 0 radical (unpaired) electrons. The van der Waals surface area contributed by atoms with Crippen LogP contribution in [-0.4, -0.2) is 173 Å². The highest BCUT2D eigenvalue weighted by molar-refractivity contribution is 7.47. The summed E-state index contributed by atoms with van der Waals surface area (Å²) in [4.78, 5) is 84.8. The number of hydrogen-bond acceptors (Lipinski definition) is 30. The van der Waals surface area contributed by atoms with Gasteiger partial charge in [-0.3, -0.25) is 36.3 Å². The number of aliphatic hydroxyl groups excluding tert-OH is 4. The normalized spacial score (nSPS) is 28.3. The molecule has 0 bridgehead atoms. The van der Waals surface area contributed by atoms with Crippen LogP contribution in [0, 0.1) is 0 Å². The first kappa shape index (κ1) is 53.8. The van der Waals surface area contributed by atoms with E-state index in [2.05, 4.69) is 79.5 Å². The molecule has 3 aliphatic heterocycles. The average Bonchev–Trinajstić information content (AvgIpc) is 4.20. The Morgan fingerprint density at radius 2 is 0.855 bits per heavy atom. The van der Waals surface area contributed by atoms with Gasteiger partial charge in [-0.15, -0.1) is 0 Å². The van der Waals surface area contributed by atoms with Gasteiger partial charge >= 0.3 is 23.5 Å². The maximum absolute atomic E-state index is 13.9. The van der Waals surface area contributed by atoms with Crippen LogP contribution in [0.5, 0.6) is 0 Å². The summed E-state index contributed by atoms with van der Waals surface area (Å²) in [6.45, 7) is -3.38. The van der Waals surface area contributed by atoms with Gasteiger partial charge in [-0.25, -0.2) is 58.6 Å². The van der Waals surface area contributed by atoms with Crippen molar-refractivity contribution in [2.24, 2.45) is 15.3 Å².